The summed E-state index contributed by atoms with van der Waals surface area (Å²) >= 11 is 0. The van der Waals surface area contributed by atoms with Crippen LogP contribution >= 0.6 is 0 Å². The van der Waals surface area contributed by atoms with Gasteiger partial charge in [-0.1, -0.05) is 25.1 Å². The monoisotopic (exact) mass is 274 g/mol. The van der Waals surface area contributed by atoms with E-state index in [4.69, 9.17) is 10.5 Å². The van der Waals surface area contributed by atoms with Crippen LogP contribution in [0.2, 0.25) is 0 Å². The van der Waals surface area contributed by atoms with Gasteiger partial charge in [0.2, 0.25) is 5.88 Å². The third kappa shape index (κ3) is 3.54. The molecule has 0 spiro atoms. The van der Waals surface area contributed by atoms with Gasteiger partial charge >= 0.3 is 0 Å². The van der Waals surface area contributed by atoms with Crippen molar-refractivity contribution in [3.8, 4) is 11.6 Å². The second kappa shape index (κ2) is 6.48. The van der Waals surface area contributed by atoms with Crippen LogP contribution < -0.4 is 10.5 Å². The zero-order valence-electron chi connectivity index (χ0n) is 11.8. The molecular formula is C16H19FN2O. The number of nitrogens with zero attached hydrogens (tertiary/aromatic N) is 1. The van der Waals surface area contributed by atoms with Crippen LogP contribution in [0.1, 0.15) is 24.5 Å². The highest BCUT2D eigenvalue weighted by atomic mass is 19.1. The molecule has 0 aliphatic carbocycles. The topological polar surface area (TPSA) is 48.1 Å². The first kappa shape index (κ1) is 14.5. The summed E-state index contributed by atoms with van der Waals surface area (Å²) < 4.78 is 19.3. The number of hydrogen-bond donors (Lipinski definition) is 1. The molecule has 106 valence electrons. The van der Waals surface area contributed by atoms with E-state index in [1.54, 1.807) is 37.4 Å². The van der Waals surface area contributed by atoms with E-state index in [1.165, 1.54) is 0 Å². The molecule has 1 aromatic carbocycles. The third-order valence-electron chi connectivity index (χ3n) is 3.19. The number of rotatable bonds is 5. The van der Waals surface area contributed by atoms with Crippen LogP contribution in [0.5, 0.6) is 11.6 Å². The average Bonchev–Trinajstić information content (AvgIpc) is 2.46. The number of aryl methyl sites for hydroxylation is 1. The number of halogens is 1. The second-order valence-electron chi connectivity index (χ2n) is 4.87. The minimum atomic E-state index is -0.355. The lowest BCUT2D eigenvalue weighted by Crippen LogP contribution is -2.21. The lowest BCUT2D eigenvalue weighted by Gasteiger charge is -2.10. The molecule has 0 amide bonds. The molecule has 0 saturated carbocycles. The minimum Gasteiger partial charge on any atom is -0.436 e. The molecule has 0 radical (unpaired) electrons. The first-order valence-electron chi connectivity index (χ1n) is 6.73. The van der Waals surface area contributed by atoms with Gasteiger partial charge in [-0.3, -0.25) is 0 Å². The van der Waals surface area contributed by atoms with E-state index in [9.17, 15) is 4.39 Å². The van der Waals surface area contributed by atoms with Crippen LogP contribution in [-0.2, 0) is 6.42 Å². The predicted octanol–water partition coefficient (Wildman–Crippen LogP) is 3.60. The number of nitrogens with two attached hydrogens (primary N) is 1. The molecule has 1 unspecified atom stereocenters. The summed E-state index contributed by atoms with van der Waals surface area (Å²) in [5, 5.41) is 0. The Kier molecular flexibility index (Phi) is 4.69. The van der Waals surface area contributed by atoms with Crippen molar-refractivity contribution < 1.29 is 9.13 Å². The van der Waals surface area contributed by atoms with Crippen molar-refractivity contribution in [2.75, 3.05) is 0 Å². The molecule has 2 aromatic rings. The van der Waals surface area contributed by atoms with E-state index in [-0.39, 0.29) is 17.6 Å². The van der Waals surface area contributed by atoms with Gasteiger partial charge in [-0.25, -0.2) is 9.37 Å². The van der Waals surface area contributed by atoms with E-state index in [0.717, 1.165) is 18.4 Å². The highest BCUT2D eigenvalue weighted by Gasteiger charge is 2.08. The standard InChI is InChI=1S/C16H19FN2O/c1-3-13(18)9-12-7-8-15(19-10-12)20-14-6-4-5-11(2)16(14)17/h4-8,10,13H,3,9,18H2,1-2H3. The zero-order chi connectivity index (χ0) is 14.5. The fourth-order valence-corrected chi connectivity index (χ4v) is 1.85. The van der Waals surface area contributed by atoms with E-state index < -0.39 is 0 Å². The molecule has 2 N–H and O–H groups in total. The second-order valence-corrected chi connectivity index (χ2v) is 4.87. The van der Waals surface area contributed by atoms with Crippen molar-refractivity contribution >= 4 is 0 Å². The molecule has 0 fully saturated rings. The molecule has 0 saturated heterocycles. The van der Waals surface area contributed by atoms with E-state index >= 15 is 0 Å². The molecule has 0 aliphatic heterocycles. The van der Waals surface area contributed by atoms with Crippen LogP contribution in [0.15, 0.2) is 36.5 Å². The maximum Gasteiger partial charge on any atom is 0.219 e. The molecular weight excluding hydrogens is 255 g/mol. The third-order valence-corrected chi connectivity index (χ3v) is 3.19. The van der Waals surface area contributed by atoms with Gasteiger partial charge in [-0.05, 0) is 37.0 Å². The molecule has 20 heavy (non-hydrogen) atoms. The van der Waals surface area contributed by atoms with Crippen LogP contribution in [0, 0.1) is 12.7 Å². The van der Waals surface area contributed by atoms with Crippen molar-refractivity contribution in [1.82, 2.24) is 4.98 Å². The Morgan fingerprint density at radius 1 is 1.30 bits per heavy atom. The molecule has 0 aliphatic rings. The first-order chi connectivity index (χ1) is 9.60. The van der Waals surface area contributed by atoms with Crippen LogP contribution in [-0.4, -0.2) is 11.0 Å². The Morgan fingerprint density at radius 3 is 2.75 bits per heavy atom. The minimum absolute atomic E-state index is 0.137. The summed E-state index contributed by atoms with van der Waals surface area (Å²) in [6, 6.07) is 8.82. The normalized spacial score (nSPS) is 12.2. The SMILES string of the molecule is CCC(N)Cc1ccc(Oc2cccc(C)c2F)nc1. The Bertz CT molecular complexity index is 569. The maximum absolute atomic E-state index is 13.8. The fourth-order valence-electron chi connectivity index (χ4n) is 1.85. The number of aromatic nitrogens is 1. The Labute approximate surface area is 118 Å². The Morgan fingerprint density at radius 2 is 2.10 bits per heavy atom. The molecule has 1 aromatic heterocycles. The Balaban J connectivity index is 2.09. The fraction of sp³-hybridized carbons (Fsp3) is 0.312. The highest BCUT2D eigenvalue weighted by molar-refractivity contribution is 5.33. The smallest absolute Gasteiger partial charge is 0.219 e. The van der Waals surface area contributed by atoms with E-state index in [2.05, 4.69) is 11.9 Å². The molecule has 1 heterocycles. The lowest BCUT2D eigenvalue weighted by atomic mass is 10.1. The largest absolute Gasteiger partial charge is 0.436 e. The van der Waals surface area contributed by atoms with Crippen LogP contribution in [0.4, 0.5) is 4.39 Å². The molecule has 1 atom stereocenters. The molecule has 2 rings (SSSR count). The van der Waals surface area contributed by atoms with Crippen LogP contribution in [0.25, 0.3) is 0 Å². The summed E-state index contributed by atoms with van der Waals surface area (Å²) in [6.45, 7) is 3.75. The average molecular weight is 274 g/mol. The van der Waals surface area contributed by atoms with Crippen molar-refractivity contribution in [2.45, 2.75) is 32.7 Å². The zero-order valence-corrected chi connectivity index (χ0v) is 11.8. The summed E-state index contributed by atoms with van der Waals surface area (Å²) in [5.41, 5.74) is 7.50. The quantitative estimate of drug-likeness (QED) is 0.906. The summed E-state index contributed by atoms with van der Waals surface area (Å²) in [7, 11) is 0. The maximum atomic E-state index is 13.8. The van der Waals surface area contributed by atoms with Crippen molar-refractivity contribution in [3.63, 3.8) is 0 Å². The van der Waals surface area contributed by atoms with Gasteiger partial charge in [0, 0.05) is 18.3 Å². The van der Waals surface area contributed by atoms with E-state index in [1.807, 2.05) is 6.07 Å². The summed E-state index contributed by atoms with van der Waals surface area (Å²) in [6.07, 6.45) is 3.42. The van der Waals surface area contributed by atoms with Gasteiger partial charge in [0.1, 0.15) is 0 Å². The number of pyridine rings is 1. The number of ether oxygens (including phenoxy) is 1. The van der Waals surface area contributed by atoms with Gasteiger partial charge in [0.25, 0.3) is 0 Å². The number of benzene rings is 1. The lowest BCUT2D eigenvalue weighted by molar-refractivity contribution is 0.425. The van der Waals surface area contributed by atoms with Gasteiger partial charge in [-0.2, -0.15) is 0 Å². The predicted molar refractivity (Wildman–Crippen MR) is 77.4 cm³/mol. The van der Waals surface area contributed by atoms with Crippen molar-refractivity contribution in [2.24, 2.45) is 5.73 Å². The highest BCUT2D eigenvalue weighted by Crippen LogP contribution is 2.24. The number of hydrogen-bond acceptors (Lipinski definition) is 3. The summed E-state index contributed by atoms with van der Waals surface area (Å²) in [5.74, 6) is 0.213. The summed E-state index contributed by atoms with van der Waals surface area (Å²) in [4.78, 5) is 4.19. The Hall–Kier alpha value is -1.94. The van der Waals surface area contributed by atoms with Gasteiger partial charge in [0.15, 0.2) is 11.6 Å². The van der Waals surface area contributed by atoms with E-state index in [0.29, 0.717) is 11.4 Å². The van der Waals surface area contributed by atoms with Crippen molar-refractivity contribution in [1.29, 1.82) is 0 Å². The van der Waals surface area contributed by atoms with Gasteiger partial charge in [-0.15, -0.1) is 0 Å². The first-order valence-corrected chi connectivity index (χ1v) is 6.73. The van der Waals surface area contributed by atoms with Gasteiger partial charge < -0.3 is 10.5 Å². The van der Waals surface area contributed by atoms with Crippen molar-refractivity contribution in [3.05, 3.63) is 53.5 Å². The molecule has 3 nitrogen and oxygen atoms in total. The molecule has 4 heteroatoms. The molecule has 0 bridgehead atoms. The van der Waals surface area contributed by atoms with Crippen LogP contribution in [0.3, 0.4) is 0 Å². The van der Waals surface area contributed by atoms with Gasteiger partial charge in [0.05, 0.1) is 0 Å².